The Morgan fingerprint density at radius 3 is 2.82 bits per heavy atom. The summed E-state index contributed by atoms with van der Waals surface area (Å²) in [5.74, 6) is 0. The number of aliphatic hydroxyl groups excluding tert-OH is 1. The molecule has 0 spiro atoms. The van der Waals surface area contributed by atoms with Crippen LogP contribution >= 0.6 is 0 Å². The van der Waals surface area contributed by atoms with Gasteiger partial charge in [-0.3, -0.25) is 4.90 Å². The molecule has 2 unspecified atom stereocenters. The lowest BCUT2D eigenvalue weighted by Gasteiger charge is -2.25. The van der Waals surface area contributed by atoms with Crippen LogP contribution in [0, 0.1) is 6.92 Å². The number of nitrogens with zero attached hydrogens (tertiary/aromatic N) is 4. The van der Waals surface area contributed by atoms with Crippen molar-refractivity contribution in [1.82, 2.24) is 20.1 Å². The van der Waals surface area contributed by atoms with Crippen LogP contribution in [0.3, 0.4) is 0 Å². The molecule has 0 amide bonds. The molecule has 2 atom stereocenters. The molecule has 96 valence electrons. The SMILES string of the molecule is Cc1nonc1CN1CC(O)CC1CN(C)C. The topological polar surface area (TPSA) is 65.6 Å². The molecular weight excluding hydrogens is 220 g/mol. The molecule has 17 heavy (non-hydrogen) atoms. The molecule has 2 rings (SSSR count). The molecule has 1 saturated heterocycles. The van der Waals surface area contributed by atoms with E-state index in [-0.39, 0.29) is 6.10 Å². The van der Waals surface area contributed by atoms with Crippen molar-refractivity contribution < 1.29 is 9.74 Å². The van der Waals surface area contributed by atoms with Crippen molar-refractivity contribution in [2.24, 2.45) is 0 Å². The summed E-state index contributed by atoms with van der Waals surface area (Å²) in [5.41, 5.74) is 1.69. The zero-order chi connectivity index (χ0) is 12.4. The van der Waals surface area contributed by atoms with Crippen LogP contribution in [0.5, 0.6) is 0 Å². The van der Waals surface area contributed by atoms with Crippen molar-refractivity contribution in [2.75, 3.05) is 27.2 Å². The summed E-state index contributed by atoms with van der Waals surface area (Å²) in [6, 6.07) is 0.371. The third-order valence-electron chi connectivity index (χ3n) is 3.18. The first-order chi connectivity index (χ1) is 8.06. The maximum atomic E-state index is 9.76. The molecule has 0 aliphatic carbocycles. The summed E-state index contributed by atoms with van der Waals surface area (Å²) < 4.78 is 4.70. The Kier molecular flexibility index (Phi) is 3.76. The van der Waals surface area contributed by atoms with Crippen molar-refractivity contribution in [2.45, 2.75) is 32.0 Å². The number of rotatable bonds is 4. The van der Waals surface area contributed by atoms with E-state index in [4.69, 9.17) is 4.63 Å². The fraction of sp³-hybridized carbons (Fsp3) is 0.818. The van der Waals surface area contributed by atoms with Gasteiger partial charge in [-0.15, -0.1) is 0 Å². The van der Waals surface area contributed by atoms with Gasteiger partial charge in [0.2, 0.25) is 0 Å². The summed E-state index contributed by atoms with van der Waals surface area (Å²) in [5, 5.41) is 17.4. The highest BCUT2D eigenvalue weighted by molar-refractivity contribution is 5.05. The molecule has 0 bridgehead atoms. The van der Waals surface area contributed by atoms with Crippen molar-refractivity contribution in [3.05, 3.63) is 11.4 Å². The molecule has 1 N–H and O–H groups in total. The van der Waals surface area contributed by atoms with Gasteiger partial charge in [0, 0.05) is 25.7 Å². The number of likely N-dealkylation sites (N-methyl/N-ethyl adjacent to an activating group) is 1. The maximum absolute atomic E-state index is 9.76. The Balaban J connectivity index is 2.01. The van der Waals surface area contributed by atoms with Crippen molar-refractivity contribution in [3.63, 3.8) is 0 Å². The molecule has 1 fully saturated rings. The minimum Gasteiger partial charge on any atom is -0.392 e. The zero-order valence-electron chi connectivity index (χ0n) is 10.6. The van der Waals surface area contributed by atoms with E-state index in [0.29, 0.717) is 19.1 Å². The number of hydrogen-bond acceptors (Lipinski definition) is 6. The smallest absolute Gasteiger partial charge is 0.122 e. The minimum atomic E-state index is -0.236. The number of hydrogen-bond donors (Lipinski definition) is 1. The van der Waals surface area contributed by atoms with Crippen molar-refractivity contribution in [3.8, 4) is 0 Å². The summed E-state index contributed by atoms with van der Waals surface area (Å²) in [6.45, 7) is 4.23. The first-order valence-electron chi connectivity index (χ1n) is 5.91. The second-order valence-corrected chi connectivity index (χ2v) is 5.03. The average molecular weight is 240 g/mol. The molecule has 1 aromatic heterocycles. The second kappa shape index (κ2) is 5.12. The predicted molar refractivity (Wildman–Crippen MR) is 62.4 cm³/mol. The lowest BCUT2D eigenvalue weighted by molar-refractivity contribution is 0.167. The van der Waals surface area contributed by atoms with Gasteiger partial charge in [0.25, 0.3) is 0 Å². The van der Waals surface area contributed by atoms with Crippen LogP contribution in [-0.4, -0.2) is 64.6 Å². The largest absolute Gasteiger partial charge is 0.392 e. The van der Waals surface area contributed by atoms with Gasteiger partial charge in [-0.05, 0) is 27.4 Å². The molecular formula is C11H20N4O2. The maximum Gasteiger partial charge on any atom is 0.122 e. The van der Waals surface area contributed by atoms with E-state index < -0.39 is 0 Å². The third kappa shape index (κ3) is 3.02. The summed E-state index contributed by atoms with van der Waals surface area (Å²) in [7, 11) is 4.09. The van der Waals surface area contributed by atoms with Crippen molar-refractivity contribution >= 4 is 0 Å². The van der Waals surface area contributed by atoms with Gasteiger partial charge in [0.15, 0.2) is 0 Å². The lowest BCUT2D eigenvalue weighted by atomic mass is 10.2. The van der Waals surface area contributed by atoms with E-state index in [1.807, 2.05) is 21.0 Å². The molecule has 1 aromatic rings. The standard InChI is InChI=1S/C11H20N4O2/c1-8-11(13-17-12-8)7-15-6-10(16)4-9(15)5-14(2)3/h9-10,16H,4-7H2,1-3H3. The van der Waals surface area contributed by atoms with Gasteiger partial charge in [-0.25, -0.2) is 4.63 Å². The van der Waals surface area contributed by atoms with E-state index in [1.165, 1.54) is 0 Å². The van der Waals surface area contributed by atoms with Gasteiger partial charge >= 0.3 is 0 Å². The van der Waals surface area contributed by atoms with E-state index in [1.54, 1.807) is 0 Å². The monoisotopic (exact) mass is 240 g/mol. The number of β-amino-alcohol motifs (C(OH)–C–C–N with tert-alkyl or cyclic N) is 1. The Labute approximate surface area is 101 Å². The van der Waals surface area contributed by atoms with Crippen LogP contribution in [0.2, 0.25) is 0 Å². The van der Waals surface area contributed by atoms with Crippen LogP contribution in [0.1, 0.15) is 17.8 Å². The van der Waals surface area contributed by atoms with Gasteiger partial charge in [0.05, 0.1) is 6.10 Å². The molecule has 6 heteroatoms. The number of likely N-dealkylation sites (tertiary alicyclic amines) is 1. The van der Waals surface area contributed by atoms with E-state index in [2.05, 4.69) is 20.1 Å². The fourth-order valence-corrected chi connectivity index (χ4v) is 2.35. The highest BCUT2D eigenvalue weighted by Crippen LogP contribution is 2.21. The quantitative estimate of drug-likeness (QED) is 0.791. The van der Waals surface area contributed by atoms with Crippen LogP contribution in [0.25, 0.3) is 0 Å². The summed E-state index contributed by atoms with van der Waals surface area (Å²) in [4.78, 5) is 4.39. The van der Waals surface area contributed by atoms with Gasteiger partial charge in [-0.1, -0.05) is 10.3 Å². The average Bonchev–Trinajstić information content (AvgIpc) is 2.75. The highest BCUT2D eigenvalue weighted by atomic mass is 16.6. The number of aliphatic hydroxyl groups is 1. The highest BCUT2D eigenvalue weighted by Gasteiger charge is 2.31. The molecule has 0 radical (unpaired) electrons. The predicted octanol–water partition coefficient (Wildman–Crippen LogP) is -0.125. The Hall–Kier alpha value is -0.980. The molecule has 0 saturated carbocycles. The van der Waals surface area contributed by atoms with Crippen LogP contribution in [0.15, 0.2) is 4.63 Å². The van der Waals surface area contributed by atoms with E-state index in [9.17, 15) is 5.11 Å². The zero-order valence-corrected chi connectivity index (χ0v) is 10.6. The van der Waals surface area contributed by atoms with Gasteiger partial charge < -0.3 is 10.0 Å². The number of aryl methyl sites for hydroxylation is 1. The molecule has 1 aliphatic rings. The van der Waals surface area contributed by atoms with Crippen LogP contribution in [-0.2, 0) is 6.54 Å². The normalized spacial score (nSPS) is 25.9. The van der Waals surface area contributed by atoms with Gasteiger partial charge in [0.1, 0.15) is 11.4 Å². The molecule has 2 heterocycles. The summed E-state index contributed by atoms with van der Waals surface area (Å²) >= 11 is 0. The van der Waals surface area contributed by atoms with Gasteiger partial charge in [-0.2, -0.15) is 0 Å². The van der Waals surface area contributed by atoms with Crippen LogP contribution in [0.4, 0.5) is 0 Å². The molecule has 0 aromatic carbocycles. The third-order valence-corrected chi connectivity index (χ3v) is 3.18. The molecule has 1 aliphatic heterocycles. The van der Waals surface area contributed by atoms with E-state index in [0.717, 1.165) is 24.4 Å². The fourth-order valence-electron chi connectivity index (χ4n) is 2.35. The second-order valence-electron chi connectivity index (χ2n) is 5.03. The number of aromatic nitrogens is 2. The first-order valence-corrected chi connectivity index (χ1v) is 5.91. The molecule has 6 nitrogen and oxygen atoms in total. The Morgan fingerprint density at radius 1 is 1.47 bits per heavy atom. The van der Waals surface area contributed by atoms with Crippen molar-refractivity contribution in [1.29, 1.82) is 0 Å². The Morgan fingerprint density at radius 2 is 2.24 bits per heavy atom. The lowest BCUT2D eigenvalue weighted by Crippen LogP contribution is -2.37. The Bertz CT molecular complexity index is 366. The first kappa shape index (κ1) is 12.5. The summed E-state index contributed by atoms with van der Waals surface area (Å²) in [6.07, 6.45) is 0.586. The van der Waals surface area contributed by atoms with E-state index >= 15 is 0 Å². The minimum absolute atomic E-state index is 0.236. The van der Waals surface area contributed by atoms with Crippen LogP contribution < -0.4 is 0 Å².